The minimum atomic E-state index is -0.306. The second kappa shape index (κ2) is 4.87. The standard InChI is InChI=1S/C8H10N6O2S/c1-4-11-5(14-16-4)2-3-10-6(15)7-12-13-8(9)17-7/h2-3H2,1H3,(H2,9,13)(H,10,15). The summed E-state index contributed by atoms with van der Waals surface area (Å²) in [5.41, 5.74) is 5.37. The first kappa shape index (κ1) is 11.5. The number of nitrogens with two attached hydrogens (primary N) is 1. The topological polar surface area (TPSA) is 120 Å². The van der Waals surface area contributed by atoms with Crippen molar-refractivity contribution < 1.29 is 9.32 Å². The van der Waals surface area contributed by atoms with Crippen LogP contribution in [0.3, 0.4) is 0 Å². The van der Waals surface area contributed by atoms with Crippen LogP contribution in [0.5, 0.6) is 0 Å². The van der Waals surface area contributed by atoms with E-state index < -0.39 is 0 Å². The lowest BCUT2D eigenvalue weighted by molar-refractivity contribution is 0.0953. The highest BCUT2D eigenvalue weighted by Crippen LogP contribution is 2.10. The summed E-state index contributed by atoms with van der Waals surface area (Å²) >= 11 is 1.04. The molecule has 1 amide bonds. The molecule has 0 aliphatic carbocycles. The molecule has 3 N–H and O–H groups in total. The van der Waals surface area contributed by atoms with Gasteiger partial charge in [-0.3, -0.25) is 4.79 Å². The van der Waals surface area contributed by atoms with Gasteiger partial charge in [-0.1, -0.05) is 16.5 Å². The summed E-state index contributed by atoms with van der Waals surface area (Å²) in [4.78, 5) is 15.5. The lowest BCUT2D eigenvalue weighted by atomic mass is 10.4. The Bertz CT molecular complexity index is 522. The van der Waals surface area contributed by atoms with Gasteiger partial charge in [-0.25, -0.2) is 0 Å². The first-order valence-corrected chi connectivity index (χ1v) is 5.63. The van der Waals surface area contributed by atoms with E-state index in [4.69, 9.17) is 10.3 Å². The first-order valence-electron chi connectivity index (χ1n) is 4.81. The number of carbonyl (C=O) groups is 1. The number of aromatic nitrogens is 4. The Kier molecular flexibility index (Phi) is 3.28. The van der Waals surface area contributed by atoms with Crippen LogP contribution in [0.15, 0.2) is 4.52 Å². The van der Waals surface area contributed by atoms with Gasteiger partial charge >= 0.3 is 0 Å². The van der Waals surface area contributed by atoms with E-state index >= 15 is 0 Å². The van der Waals surface area contributed by atoms with Crippen molar-refractivity contribution in [2.45, 2.75) is 13.3 Å². The average molecular weight is 254 g/mol. The number of nitrogen functional groups attached to an aromatic ring is 1. The zero-order valence-electron chi connectivity index (χ0n) is 9.01. The Balaban J connectivity index is 1.81. The number of hydrogen-bond acceptors (Lipinski definition) is 8. The van der Waals surface area contributed by atoms with Crippen molar-refractivity contribution >= 4 is 22.4 Å². The van der Waals surface area contributed by atoms with Crippen molar-refractivity contribution in [2.24, 2.45) is 0 Å². The molecule has 0 fully saturated rings. The van der Waals surface area contributed by atoms with E-state index in [1.807, 2.05) is 0 Å². The Labute approximate surface area is 100 Å². The van der Waals surface area contributed by atoms with Crippen molar-refractivity contribution in [1.82, 2.24) is 25.7 Å². The normalized spacial score (nSPS) is 10.4. The van der Waals surface area contributed by atoms with Crippen molar-refractivity contribution in [3.8, 4) is 0 Å². The van der Waals surface area contributed by atoms with Crippen molar-refractivity contribution in [3.05, 3.63) is 16.7 Å². The maximum atomic E-state index is 11.5. The molecule has 0 aliphatic heterocycles. The van der Waals surface area contributed by atoms with Gasteiger partial charge in [-0.05, 0) is 0 Å². The zero-order valence-corrected chi connectivity index (χ0v) is 9.82. The maximum absolute atomic E-state index is 11.5. The predicted octanol–water partition coefficient (Wildman–Crippen LogP) is -0.216. The molecule has 0 aliphatic rings. The van der Waals surface area contributed by atoms with Crippen LogP contribution in [0, 0.1) is 6.92 Å². The fourth-order valence-corrected chi connectivity index (χ4v) is 1.66. The van der Waals surface area contributed by atoms with Crippen molar-refractivity contribution in [3.63, 3.8) is 0 Å². The van der Waals surface area contributed by atoms with Gasteiger partial charge in [0, 0.05) is 19.9 Å². The van der Waals surface area contributed by atoms with E-state index in [1.54, 1.807) is 6.92 Å². The largest absolute Gasteiger partial charge is 0.374 e. The smallest absolute Gasteiger partial charge is 0.282 e. The summed E-state index contributed by atoms with van der Waals surface area (Å²) in [6, 6.07) is 0. The van der Waals surface area contributed by atoms with Gasteiger partial charge in [-0.15, -0.1) is 10.2 Å². The molecule has 0 atom stereocenters. The number of aryl methyl sites for hydroxylation is 1. The third kappa shape index (κ3) is 2.97. The average Bonchev–Trinajstić information content (AvgIpc) is 2.88. The third-order valence-electron chi connectivity index (χ3n) is 1.84. The molecule has 2 rings (SSSR count). The highest BCUT2D eigenvalue weighted by Gasteiger charge is 2.11. The molecule has 0 saturated heterocycles. The summed E-state index contributed by atoms with van der Waals surface area (Å²) < 4.78 is 4.80. The van der Waals surface area contributed by atoms with Crippen LogP contribution in [0.1, 0.15) is 21.5 Å². The number of amides is 1. The van der Waals surface area contributed by atoms with Crippen LogP contribution < -0.4 is 11.1 Å². The lowest BCUT2D eigenvalue weighted by Crippen LogP contribution is -2.25. The maximum Gasteiger partial charge on any atom is 0.282 e. The molecular formula is C8H10N6O2S. The summed E-state index contributed by atoms with van der Waals surface area (Å²) in [6.07, 6.45) is 0.497. The number of nitrogens with zero attached hydrogens (tertiary/aromatic N) is 4. The Morgan fingerprint density at radius 3 is 2.94 bits per heavy atom. The molecule has 2 heterocycles. The van der Waals surface area contributed by atoms with E-state index in [0.29, 0.717) is 24.7 Å². The van der Waals surface area contributed by atoms with Crippen LogP contribution in [0.4, 0.5) is 5.13 Å². The molecule has 17 heavy (non-hydrogen) atoms. The van der Waals surface area contributed by atoms with E-state index in [0.717, 1.165) is 11.3 Å². The van der Waals surface area contributed by atoms with Gasteiger partial charge in [-0.2, -0.15) is 4.98 Å². The summed E-state index contributed by atoms with van der Waals surface area (Å²) in [6.45, 7) is 2.11. The molecule has 9 heteroatoms. The highest BCUT2D eigenvalue weighted by atomic mass is 32.1. The first-order chi connectivity index (χ1) is 8.15. The summed E-state index contributed by atoms with van der Waals surface area (Å²) in [7, 11) is 0. The van der Waals surface area contributed by atoms with Crippen LogP contribution in [-0.4, -0.2) is 32.8 Å². The fourth-order valence-electron chi connectivity index (χ4n) is 1.13. The van der Waals surface area contributed by atoms with Crippen LogP contribution in [-0.2, 0) is 6.42 Å². The van der Waals surface area contributed by atoms with E-state index in [-0.39, 0.29) is 16.0 Å². The number of anilines is 1. The monoisotopic (exact) mass is 254 g/mol. The minimum Gasteiger partial charge on any atom is -0.374 e. The molecule has 2 aromatic rings. The zero-order chi connectivity index (χ0) is 12.3. The molecule has 0 radical (unpaired) electrons. The molecule has 0 aromatic carbocycles. The molecule has 8 nitrogen and oxygen atoms in total. The van der Waals surface area contributed by atoms with Crippen molar-refractivity contribution in [1.29, 1.82) is 0 Å². The molecule has 0 bridgehead atoms. The molecule has 0 spiro atoms. The fraction of sp³-hybridized carbons (Fsp3) is 0.375. The van der Waals surface area contributed by atoms with Crippen LogP contribution in [0.2, 0.25) is 0 Å². The minimum absolute atomic E-state index is 0.242. The molecular weight excluding hydrogens is 244 g/mol. The van der Waals surface area contributed by atoms with Crippen LogP contribution >= 0.6 is 11.3 Å². The second-order valence-electron chi connectivity index (χ2n) is 3.18. The van der Waals surface area contributed by atoms with Gasteiger partial charge in [0.2, 0.25) is 16.0 Å². The molecule has 2 aromatic heterocycles. The predicted molar refractivity (Wildman–Crippen MR) is 59.4 cm³/mol. The quantitative estimate of drug-likeness (QED) is 0.774. The number of rotatable bonds is 4. The summed E-state index contributed by atoms with van der Waals surface area (Å²) in [5.74, 6) is 0.752. The van der Waals surface area contributed by atoms with Gasteiger partial charge in [0.1, 0.15) is 0 Å². The Morgan fingerprint density at radius 2 is 2.35 bits per heavy atom. The van der Waals surface area contributed by atoms with E-state index in [9.17, 15) is 4.79 Å². The number of nitrogens with one attached hydrogen (secondary N) is 1. The molecule has 0 saturated carbocycles. The SMILES string of the molecule is Cc1nc(CCNC(=O)c2nnc(N)s2)no1. The Hall–Kier alpha value is -2.03. The second-order valence-corrected chi connectivity index (χ2v) is 4.19. The van der Waals surface area contributed by atoms with Crippen molar-refractivity contribution in [2.75, 3.05) is 12.3 Å². The highest BCUT2D eigenvalue weighted by molar-refractivity contribution is 7.16. The van der Waals surface area contributed by atoms with Gasteiger partial charge in [0.25, 0.3) is 5.91 Å². The molecule has 90 valence electrons. The van der Waals surface area contributed by atoms with Gasteiger partial charge in [0.05, 0.1) is 0 Å². The van der Waals surface area contributed by atoms with E-state index in [1.165, 1.54) is 0 Å². The molecule has 0 unspecified atom stereocenters. The van der Waals surface area contributed by atoms with Gasteiger partial charge in [0.15, 0.2) is 5.82 Å². The van der Waals surface area contributed by atoms with Crippen LogP contribution in [0.25, 0.3) is 0 Å². The van der Waals surface area contributed by atoms with E-state index in [2.05, 4.69) is 25.7 Å². The number of hydrogen-bond donors (Lipinski definition) is 2. The van der Waals surface area contributed by atoms with Gasteiger partial charge < -0.3 is 15.6 Å². The summed E-state index contributed by atoms with van der Waals surface area (Å²) in [5, 5.41) is 14.1. The third-order valence-corrected chi connectivity index (χ3v) is 2.59. The lowest BCUT2D eigenvalue weighted by Gasteiger charge is -1.98. The Morgan fingerprint density at radius 1 is 1.53 bits per heavy atom. The number of carbonyl (C=O) groups excluding carboxylic acids is 1.